The van der Waals surface area contributed by atoms with Crippen LogP contribution >= 0.6 is 27.3 Å². The fraction of sp³-hybridized carbons (Fsp3) is 0.625. The number of hydrogen-bond donors (Lipinski definition) is 1. The maximum Gasteiger partial charge on any atom is 0.183 e. The van der Waals surface area contributed by atoms with E-state index < -0.39 is 0 Å². The van der Waals surface area contributed by atoms with E-state index in [0.29, 0.717) is 11.5 Å². The molecule has 1 aromatic rings. The van der Waals surface area contributed by atoms with Crippen LogP contribution in [0, 0.1) is 5.41 Å². The van der Waals surface area contributed by atoms with E-state index >= 15 is 0 Å². The van der Waals surface area contributed by atoms with E-state index in [2.05, 4.69) is 40.1 Å². The second kappa shape index (κ2) is 2.70. The average Bonchev–Trinajstić information content (AvgIpc) is 2.41. The summed E-state index contributed by atoms with van der Waals surface area (Å²) in [5.74, 6) is 0. The number of nitrogens with zero attached hydrogens (tertiary/aromatic N) is 1. The van der Waals surface area contributed by atoms with Crippen LogP contribution in [-0.2, 0) is 0 Å². The molecule has 0 spiro atoms. The van der Waals surface area contributed by atoms with Crippen molar-refractivity contribution in [2.45, 2.75) is 26.3 Å². The minimum Gasteiger partial charge on any atom is -0.358 e. The molecule has 12 heavy (non-hydrogen) atoms. The van der Waals surface area contributed by atoms with Gasteiger partial charge in [0.15, 0.2) is 5.13 Å². The summed E-state index contributed by atoms with van der Waals surface area (Å²) in [6, 6.07) is 0.621. The Morgan fingerprint density at radius 1 is 1.75 bits per heavy atom. The highest BCUT2D eigenvalue weighted by Crippen LogP contribution is 2.46. The first-order chi connectivity index (χ1) is 5.58. The topological polar surface area (TPSA) is 24.9 Å². The highest BCUT2D eigenvalue weighted by molar-refractivity contribution is 9.10. The van der Waals surface area contributed by atoms with E-state index in [9.17, 15) is 0 Å². The van der Waals surface area contributed by atoms with Crippen LogP contribution in [0.4, 0.5) is 5.13 Å². The minimum atomic E-state index is 0.470. The molecule has 1 heterocycles. The van der Waals surface area contributed by atoms with Gasteiger partial charge in [-0.25, -0.2) is 4.98 Å². The molecule has 1 unspecified atom stereocenters. The average molecular weight is 247 g/mol. The van der Waals surface area contributed by atoms with Crippen LogP contribution in [0.15, 0.2) is 9.98 Å². The smallest absolute Gasteiger partial charge is 0.183 e. The number of rotatable bonds is 2. The van der Waals surface area contributed by atoms with E-state index in [4.69, 9.17) is 0 Å². The van der Waals surface area contributed by atoms with E-state index in [1.54, 1.807) is 11.3 Å². The lowest BCUT2D eigenvalue weighted by Crippen LogP contribution is -2.07. The Morgan fingerprint density at radius 3 is 2.83 bits per heavy atom. The summed E-state index contributed by atoms with van der Waals surface area (Å²) in [7, 11) is 0. The molecule has 0 amide bonds. The second-order valence-electron chi connectivity index (χ2n) is 3.87. The molecule has 0 bridgehead atoms. The number of nitrogens with one attached hydrogen (secondary N) is 1. The van der Waals surface area contributed by atoms with Crippen molar-refractivity contribution < 1.29 is 0 Å². The predicted molar refractivity (Wildman–Crippen MR) is 55.6 cm³/mol. The molecule has 1 N–H and O–H groups in total. The molecular weight excluding hydrogens is 236 g/mol. The van der Waals surface area contributed by atoms with Gasteiger partial charge in [-0.3, -0.25) is 0 Å². The zero-order chi connectivity index (χ0) is 8.77. The Labute approximate surface area is 84.5 Å². The van der Waals surface area contributed by atoms with Crippen LogP contribution in [0.2, 0.25) is 0 Å². The third-order valence-corrected chi connectivity index (χ3v) is 3.77. The van der Waals surface area contributed by atoms with Crippen molar-refractivity contribution in [2.75, 3.05) is 5.32 Å². The van der Waals surface area contributed by atoms with Gasteiger partial charge >= 0.3 is 0 Å². The lowest BCUT2D eigenvalue weighted by Gasteiger charge is -2.03. The molecule has 4 heteroatoms. The summed E-state index contributed by atoms with van der Waals surface area (Å²) >= 11 is 4.98. The molecule has 0 saturated heterocycles. The van der Waals surface area contributed by atoms with Gasteiger partial charge in [0.05, 0.1) is 0 Å². The van der Waals surface area contributed by atoms with Crippen LogP contribution in [-0.4, -0.2) is 11.0 Å². The standard InChI is InChI=1S/C8H11BrN2S/c1-8(2)3-5(8)10-7-11-6(9)4-12-7/h4-5H,3H2,1-2H3,(H,10,11). The molecule has 0 aromatic carbocycles. The molecule has 1 aliphatic carbocycles. The first-order valence-corrected chi connectivity index (χ1v) is 5.63. The van der Waals surface area contributed by atoms with Crippen LogP contribution in [0.1, 0.15) is 20.3 Å². The first-order valence-electron chi connectivity index (χ1n) is 3.95. The second-order valence-corrected chi connectivity index (χ2v) is 5.54. The molecule has 1 aromatic heterocycles. The fourth-order valence-corrected chi connectivity index (χ4v) is 2.38. The van der Waals surface area contributed by atoms with Gasteiger partial charge < -0.3 is 5.32 Å². The quantitative estimate of drug-likeness (QED) is 0.868. The van der Waals surface area contributed by atoms with E-state index in [-0.39, 0.29) is 0 Å². The minimum absolute atomic E-state index is 0.470. The molecule has 66 valence electrons. The summed E-state index contributed by atoms with van der Waals surface area (Å²) < 4.78 is 0.924. The molecule has 0 aliphatic heterocycles. The van der Waals surface area contributed by atoms with Crippen molar-refractivity contribution in [3.8, 4) is 0 Å². The lowest BCUT2D eigenvalue weighted by molar-refractivity contribution is 0.630. The van der Waals surface area contributed by atoms with Gasteiger partial charge in [-0.1, -0.05) is 13.8 Å². The lowest BCUT2D eigenvalue weighted by atomic mass is 10.2. The molecule has 1 fully saturated rings. The first kappa shape index (κ1) is 8.51. The summed E-state index contributed by atoms with van der Waals surface area (Å²) in [5.41, 5.74) is 0.470. The summed E-state index contributed by atoms with van der Waals surface area (Å²) in [5, 5.41) is 6.43. The van der Waals surface area contributed by atoms with E-state index in [0.717, 1.165) is 9.73 Å². The summed E-state index contributed by atoms with van der Waals surface area (Å²) in [4.78, 5) is 4.28. The summed E-state index contributed by atoms with van der Waals surface area (Å²) in [6.45, 7) is 4.54. The van der Waals surface area contributed by atoms with Crippen molar-refractivity contribution >= 4 is 32.4 Å². The monoisotopic (exact) mass is 246 g/mol. The third-order valence-electron chi connectivity index (χ3n) is 2.29. The zero-order valence-electron chi connectivity index (χ0n) is 7.10. The Bertz CT molecular complexity index is 295. The van der Waals surface area contributed by atoms with Gasteiger partial charge in [0.1, 0.15) is 4.60 Å². The molecule has 1 atom stereocenters. The van der Waals surface area contributed by atoms with Crippen molar-refractivity contribution in [3.05, 3.63) is 9.98 Å². The van der Waals surface area contributed by atoms with Crippen molar-refractivity contribution in [2.24, 2.45) is 5.41 Å². The largest absolute Gasteiger partial charge is 0.358 e. The van der Waals surface area contributed by atoms with Gasteiger partial charge in [-0.05, 0) is 27.8 Å². The van der Waals surface area contributed by atoms with Crippen LogP contribution in [0.5, 0.6) is 0 Å². The van der Waals surface area contributed by atoms with Gasteiger partial charge in [0, 0.05) is 11.4 Å². The van der Waals surface area contributed by atoms with E-state index in [1.165, 1.54) is 6.42 Å². The third kappa shape index (κ3) is 1.64. The SMILES string of the molecule is CC1(C)CC1Nc1nc(Br)cs1. The molecule has 2 nitrogen and oxygen atoms in total. The van der Waals surface area contributed by atoms with E-state index in [1.807, 2.05) is 5.38 Å². The number of anilines is 1. The number of hydrogen-bond acceptors (Lipinski definition) is 3. The molecule has 1 saturated carbocycles. The maximum atomic E-state index is 4.28. The summed E-state index contributed by atoms with van der Waals surface area (Å²) in [6.07, 6.45) is 1.25. The number of halogens is 1. The molecule has 2 rings (SSSR count). The molecule has 0 radical (unpaired) electrons. The van der Waals surface area contributed by atoms with Gasteiger partial charge in [0.25, 0.3) is 0 Å². The molecular formula is C8H11BrN2S. The zero-order valence-corrected chi connectivity index (χ0v) is 9.50. The van der Waals surface area contributed by atoms with Crippen LogP contribution in [0.25, 0.3) is 0 Å². The fourth-order valence-electron chi connectivity index (χ4n) is 1.18. The van der Waals surface area contributed by atoms with Gasteiger partial charge in [0.2, 0.25) is 0 Å². The van der Waals surface area contributed by atoms with Crippen molar-refractivity contribution in [3.63, 3.8) is 0 Å². The number of aromatic nitrogens is 1. The Hall–Kier alpha value is -0.0900. The normalized spacial score (nSPS) is 25.4. The Kier molecular flexibility index (Phi) is 1.92. The number of thiazole rings is 1. The Balaban J connectivity index is 1.97. The van der Waals surface area contributed by atoms with Crippen molar-refractivity contribution in [1.82, 2.24) is 4.98 Å². The van der Waals surface area contributed by atoms with Gasteiger partial charge in [-0.2, -0.15) is 0 Å². The Morgan fingerprint density at radius 2 is 2.42 bits per heavy atom. The van der Waals surface area contributed by atoms with Crippen LogP contribution < -0.4 is 5.32 Å². The highest BCUT2D eigenvalue weighted by Gasteiger charge is 2.45. The van der Waals surface area contributed by atoms with Crippen LogP contribution in [0.3, 0.4) is 0 Å². The highest BCUT2D eigenvalue weighted by atomic mass is 79.9. The predicted octanol–water partition coefficient (Wildman–Crippen LogP) is 3.12. The molecule has 1 aliphatic rings. The maximum absolute atomic E-state index is 4.28. The van der Waals surface area contributed by atoms with Crippen molar-refractivity contribution in [1.29, 1.82) is 0 Å². The van der Waals surface area contributed by atoms with Gasteiger partial charge in [-0.15, -0.1) is 11.3 Å².